The second kappa shape index (κ2) is 13.7. The second-order valence-corrected chi connectivity index (χ2v) is 12.7. The third kappa shape index (κ3) is 8.33. The lowest BCUT2D eigenvalue weighted by atomic mass is 10.1. The van der Waals surface area contributed by atoms with Crippen LogP contribution in [0.25, 0.3) is 0 Å². The van der Waals surface area contributed by atoms with E-state index in [0.29, 0.717) is 18.0 Å². The van der Waals surface area contributed by atoms with Crippen LogP contribution in [-0.2, 0) is 26.2 Å². The minimum atomic E-state index is -4.11. The molecule has 1 unspecified atom stereocenters. The number of nitrogens with zero attached hydrogens (tertiary/aromatic N) is 2. The van der Waals surface area contributed by atoms with Gasteiger partial charge >= 0.3 is 0 Å². The molecule has 0 aliphatic carbocycles. The van der Waals surface area contributed by atoms with Crippen molar-refractivity contribution in [2.75, 3.05) is 24.5 Å². The zero-order valence-electron chi connectivity index (χ0n) is 25.0. The standard InChI is InChI=1S/C32H41N3O5S/c1-22(2)19-33-32(37)26(6)34(20-27-10-12-29(40-7)13-11-27)31(36)21-35(28-17-24(4)16-25(5)18-28)41(38,39)30-14-8-23(3)9-15-30/h8-18,22,26H,19-21H2,1-7H3,(H,33,37). The van der Waals surface area contributed by atoms with Gasteiger partial charge in [0.15, 0.2) is 0 Å². The number of hydrogen-bond acceptors (Lipinski definition) is 5. The van der Waals surface area contributed by atoms with Crippen molar-refractivity contribution in [3.8, 4) is 5.75 Å². The zero-order valence-corrected chi connectivity index (χ0v) is 25.8. The summed E-state index contributed by atoms with van der Waals surface area (Å²) in [5, 5.41) is 2.90. The highest BCUT2D eigenvalue weighted by Gasteiger charge is 2.32. The Kier molecular flexibility index (Phi) is 10.6. The molecule has 1 N–H and O–H groups in total. The summed E-state index contributed by atoms with van der Waals surface area (Å²) in [7, 11) is -2.54. The van der Waals surface area contributed by atoms with Crippen LogP contribution in [0.1, 0.15) is 43.0 Å². The molecule has 0 bridgehead atoms. The van der Waals surface area contributed by atoms with Crippen LogP contribution in [0.2, 0.25) is 0 Å². The van der Waals surface area contributed by atoms with Crippen LogP contribution in [0.5, 0.6) is 5.75 Å². The van der Waals surface area contributed by atoms with Crippen molar-refractivity contribution >= 4 is 27.5 Å². The van der Waals surface area contributed by atoms with E-state index in [4.69, 9.17) is 4.74 Å². The first-order valence-electron chi connectivity index (χ1n) is 13.7. The first kappa shape index (κ1) is 31.7. The van der Waals surface area contributed by atoms with Gasteiger partial charge in [0.2, 0.25) is 11.8 Å². The average Bonchev–Trinajstić information content (AvgIpc) is 2.92. The van der Waals surface area contributed by atoms with Crippen LogP contribution in [0.15, 0.2) is 71.6 Å². The Bertz CT molecular complexity index is 1430. The van der Waals surface area contributed by atoms with Crippen LogP contribution >= 0.6 is 0 Å². The molecule has 220 valence electrons. The topological polar surface area (TPSA) is 96.0 Å². The lowest BCUT2D eigenvalue weighted by Crippen LogP contribution is -2.51. The highest BCUT2D eigenvalue weighted by Crippen LogP contribution is 2.27. The Hall–Kier alpha value is -3.85. The summed E-state index contributed by atoms with van der Waals surface area (Å²) >= 11 is 0. The highest BCUT2D eigenvalue weighted by atomic mass is 32.2. The molecule has 9 heteroatoms. The molecule has 0 spiro atoms. The number of carbonyl (C=O) groups excluding carboxylic acids is 2. The maximum Gasteiger partial charge on any atom is 0.264 e. The number of benzene rings is 3. The number of carbonyl (C=O) groups is 2. The molecule has 0 fully saturated rings. The van der Waals surface area contributed by atoms with Gasteiger partial charge in [0, 0.05) is 13.1 Å². The second-order valence-electron chi connectivity index (χ2n) is 10.9. The number of anilines is 1. The van der Waals surface area contributed by atoms with E-state index < -0.39 is 28.5 Å². The van der Waals surface area contributed by atoms with E-state index in [9.17, 15) is 18.0 Å². The highest BCUT2D eigenvalue weighted by molar-refractivity contribution is 7.92. The van der Waals surface area contributed by atoms with E-state index in [1.807, 2.05) is 52.8 Å². The fraction of sp³-hybridized carbons (Fsp3) is 0.375. The summed E-state index contributed by atoms with van der Waals surface area (Å²) in [6, 6.07) is 18.4. The quantitative estimate of drug-likeness (QED) is 0.326. The molecule has 41 heavy (non-hydrogen) atoms. The number of hydrogen-bond donors (Lipinski definition) is 1. The Morgan fingerprint density at radius 1 is 0.854 bits per heavy atom. The molecule has 0 aromatic heterocycles. The maximum atomic E-state index is 14.1. The smallest absolute Gasteiger partial charge is 0.264 e. The van der Waals surface area contributed by atoms with Gasteiger partial charge in [-0.15, -0.1) is 0 Å². The SMILES string of the molecule is COc1ccc(CN(C(=O)CN(c2cc(C)cc(C)c2)S(=O)(=O)c2ccc(C)cc2)C(C)C(=O)NCC(C)C)cc1. The van der Waals surface area contributed by atoms with Crippen molar-refractivity contribution in [2.45, 2.75) is 59.0 Å². The van der Waals surface area contributed by atoms with E-state index in [1.54, 1.807) is 62.6 Å². The van der Waals surface area contributed by atoms with Crippen LogP contribution in [0.4, 0.5) is 5.69 Å². The van der Waals surface area contributed by atoms with E-state index >= 15 is 0 Å². The molecule has 0 aliphatic heterocycles. The molecule has 0 heterocycles. The van der Waals surface area contributed by atoms with Crippen molar-refractivity contribution in [1.29, 1.82) is 0 Å². The van der Waals surface area contributed by atoms with Crippen molar-refractivity contribution < 1.29 is 22.7 Å². The van der Waals surface area contributed by atoms with Gasteiger partial charge in [-0.3, -0.25) is 13.9 Å². The van der Waals surface area contributed by atoms with E-state index in [0.717, 1.165) is 26.6 Å². The Labute approximate surface area is 244 Å². The summed E-state index contributed by atoms with van der Waals surface area (Å²) in [5.74, 6) is 0.0962. The van der Waals surface area contributed by atoms with Gasteiger partial charge in [-0.05, 0) is 86.7 Å². The molecule has 0 saturated carbocycles. The summed E-state index contributed by atoms with van der Waals surface area (Å²) in [6.45, 7) is 11.4. The molecule has 0 aliphatic rings. The predicted octanol–water partition coefficient (Wildman–Crippen LogP) is 5.01. The monoisotopic (exact) mass is 579 g/mol. The number of nitrogens with one attached hydrogen (secondary N) is 1. The first-order valence-corrected chi connectivity index (χ1v) is 15.1. The van der Waals surface area contributed by atoms with Crippen molar-refractivity contribution in [3.63, 3.8) is 0 Å². The number of ether oxygens (including phenoxy) is 1. The minimum Gasteiger partial charge on any atom is -0.497 e. The van der Waals surface area contributed by atoms with Crippen LogP contribution in [0, 0.1) is 26.7 Å². The summed E-state index contributed by atoms with van der Waals surface area (Å²) in [4.78, 5) is 28.7. The fourth-order valence-electron chi connectivity index (χ4n) is 4.42. The van der Waals surface area contributed by atoms with Crippen molar-refractivity contribution in [1.82, 2.24) is 10.2 Å². The van der Waals surface area contributed by atoms with Gasteiger partial charge < -0.3 is 15.0 Å². The third-order valence-electron chi connectivity index (χ3n) is 6.75. The molecular formula is C32H41N3O5S. The zero-order chi connectivity index (χ0) is 30.3. The molecule has 1 atom stereocenters. The third-order valence-corrected chi connectivity index (χ3v) is 8.53. The lowest BCUT2D eigenvalue weighted by Gasteiger charge is -2.32. The van der Waals surface area contributed by atoms with Crippen LogP contribution in [-0.4, -0.2) is 51.4 Å². The van der Waals surface area contributed by atoms with Gasteiger partial charge in [0.1, 0.15) is 18.3 Å². The van der Waals surface area contributed by atoms with Gasteiger partial charge in [0.05, 0.1) is 17.7 Å². The minimum absolute atomic E-state index is 0.0829. The molecule has 2 amide bonds. The Morgan fingerprint density at radius 2 is 1.44 bits per heavy atom. The first-order chi connectivity index (χ1) is 19.3. The number of rotatable bonds is 12. The molecule has 0 saturated heterocycles. The lowest BCUT2D eigenvalue weighted by molar-refractivity contribution is -0.139. The van der Waals surface area contributed by atoms with Gasteiger partial charge in [-0.2, -0.15) is 0 Å². The Morgan fingerprint density at radius 3 is 1.98 bits per heavy atom. The normalized spacial score (nSPS) is 12.1. The molecule has 0 radical (unpaired) electrons. The maximum absolute atomic E-state index is 14.1. The molecule has 3 aromatic rings. The number of methoxy groups -OCH3 is 1. The number of sulfonamides is 1. The summed E-state index contributed by atoms with van der Waals surface area (Å²) in [6.07, 6.45) is 0. The van der Waals surface area contributed by atoms with Gasteiger partial charge in [-0.1, -0.05) is 49.7 Å². The average molecular weight is 580 g/mol. The summed E-state index contributed by atoms with van der Waals surface area (Å²) < 4.78 is 34.4. The number of aryl methyl sites for hydroxylation is 3. The molecule has 3 rings (SSSR count). The van der Waals surface area contributed by atoms with E-state index in [-0.39, 0.29) is 23.3 Å². The van der Waals surface area contributed by atoms with Crippen molar-refractivity contribution in [3.05, 3.63) is 89.0 Å². The van der Waals surface area contributed by atoms with Gasteiger partial charge in [0.25, 0.3) is 10.0 Å². The molecule has 8 nitrogen and oxygen atoms in total. The Balaban J connectivity index is 2.04. The van der Waals surface area contributed by atoms with Crippen LogP contribution in [0.3, 0.4) is 0 Å². The van der Waals surface area contributed by atoms with E-state index in [1.165, 1.54) is 4.90 Å². The predicted molar refractivity (Wildman–Crippen MR) is 162 cm³/mol. The summed E-state index contributed by atoms with van der Waals surface area (Å²) in [5.41, 5.74) is 3.82. The number of amides is 2. The molecule has 3 aromatic carbocycles. The van der Waals surface area contributed by atoms with Gasteiger partial charge in [-0.25, -0.2) is 8.42 Å². The largest absolute Gasteiger partial charge is 0.497 e. The molecular weight excluding hydrogens is 538 g/mol. The van der Waals surface area contributed by atoms with Crippen molar-refractivity contribution in [2.24, 2.45) is 5.92 Å². The van der Waals surface area contributed by atoms with E-state index in [2.05, 4.69) is 5.32 Å². The fourth-order valence-corrected chi connectivity index (χ4v) is 5.82. The van der Waals surface area contributed by atoms with Crippen LogP contribution < -0.4 is 14.4 Å².